The molecule has 1 aliphatic heterocycles. The van der Waals surface area contributed by atoms with Crippen LogP contribution >= 0.6 is 12.4 Å². The SMILES string of the molecule is C[C@@H]1CN(CCn2ncc3cc(-n4ccc(OCc5ccccc5)cc4=O)ccc32)C[C@H](C)O1.Cl. The molecule has 1 aliphatic rings. The fraction of sp³-hybridized carbons (Fsp3) is 0.333. The normalized spacial score (nSPS) is 18.3. The van der Waals surface area contributed by atoms with Gasteiger partial charge in [0.1, 0.15) is 12.4 Å². The van der Waals surface area contributed by atoms with Crippen LogP contribution in [0.3, 0.4) is 0 Å². The molecule has 0 spiro atoms. The second-order valence-electron chi connectivity index (χ2n) is 8.97. The van der Waals surface area contributed by atoms with Crippen LogP contribution in [0.2, 0.25) is 0 Å². The van der Waals surface area contributed by atoms with Crippen LogP contribution in [-0.4, -0.2) is 51.1 Å². The van der Waals surface area contributed by atoms with Gasteiger partial charge in [-0.15, -0.1) is 12.4 Å². The number of rotatable bonds is 7. The first-order valence-corrected chi connectivity index (χ1v) is 11.8. The van der Waals surface area contributed by atoms with Crippen LogP contribution in [0.5, 0.6) is 5.75 Å². The van der Waals surface area contributed by atoms with Crippen LogP contribution in [-0.2, 0) is 17.9 Å². The summed E-state index contributed by atoms with van der Waals surface area (Å²) in [6.45, 7) is 8.31. The van der Waals surface area contributed by atoms with Crippen LogP contribution in [0.25, 0.3) is 16.6 Å². The van der Waals surface area contributed by atoms with Crippen molar-refractivity contribution in [2.24, 2.45) is 0 Å². The maximum atomic E-state index is 12.8. The second-order valence-corrected chi connectivity index (χ2v) is 8.97. The molecule has 4 aromatic rings. The zero-order valence-corrected chi connectivity index (χ0v) is 20.9. The molecule has 3 heterocycles. The Balaban J connectivity index is 0.00000289. The fourth-order valence-corrected chi connectivity index (χ4v) is 4.61. The van der Waals surface area contributed by atoms with Crippen LogP contribution < -0.4 is 10.3 Å². The zero-order valence-electron chi connectivity index (χ0n) is 20.0. The van der Waals surface area contributed by atoms with Gasteiger partial charge in [0.15, 0.2) is 0 Å². The molecule has 1 saturated heterocycles. The highest BCUT2D eigenvalue weighted by atomic mass is 35.5. The van der Waals surface area contributed by atoms with Gasteiger partial charge in [-0.05, 0) is 43.7 Å². The highest BCUT2D eigenvalue weighted by molar-refractivity contribution is 5.85. The standard InChI is InChI=1S/C27H30N4O3.ClH/c1-20-17-29(18-21(2)34-20)12-13-31-26-9-8-24(14-23(26)16-28-31)30-11-10-25(15-27(30)32)33-19-22-6-4-3-5-7-22;/h3-11,14-16,20-21H,12-13,17-19H2,1-2H3;1H/t20-,21+;. The third-order valence-electron chi connectivity index (χ3n) is 6.17. The number of morpholine rings is 1. The average Bonchev–Trinajstić information content (AvgIpc) is 3.24. The van der Waals surface area contributed by atoms with E-state index < -0.39 is 0 Å². The van der Waals surface area contributed by atoms with Crippen molar-refractivity contribution in [3.05, 3.63) is 89.0 Å². The molecule has 1 fully saturated rings. The molecule has 184 valence electrons. The topological polar surface area (TPSA) is 61.5 Å². The van der Waals surface area contributed by atoms with Gasteiger partial charge in [-0.1, -0.05) is 30.3 Å². The molecule has 2 atom stereocenters. The summed E-state index contributed by atoms with van der Waals surface area (Å²) in [6.07, 6.45) is 4.14. The Bertz CT molecular complexity index is 1310. The molecular weight excluding hydrogens is 464 g/mol. The zero-order chi connectivity index (χ0) is 23.5. The van der Waals surface area contributed by atoms with Crippen LogP contribution in [0.1, 0.15) is 19.4 Å². The molecule has 0 saturated carbocycles. The first-order valence-electron chi connectivity index (χ1n) is 11.8. The lowest BCUT2D eigenvalue weighted by Crippen LogP contribution is -2.46. The summed E-state index contributed by atoms with van der Waals surface area (Å²) in [6, 6.07) is 19.3. The van der Waals surface area contributed by atoms with Crippen LogP contribution in [0, 0.1) is 0 Å². The molecule has 0 radical (unpaired) electrons. The summed E-state index contributed by atoms with van der Waals surface area (Å²) in [5.41, 5.74) is 2.80. The Hall–Kier alpha value is -3.13. The van der Waals surface area contributed by atoms with Gasteiger partial charge >= 0.3 is 0 Å². The monoisotopic (exact) mass is 494 g/mol. The molecule has 0 bridgehead atoms. The van der Waals surface area contributed by atoms with Crippen molar-refractivity contribution < 1.29 is 9.47 Å². The predicted molar refractivity (Wildman–Crippen MR) is 140 cm³/mol. The largest absolute Gasteiger partial charge is 0.489 e. The summed E-state index contributed by atoms with van der Waals surface area (Å²) in [5, 5.41) is 5.61. The first kappa shape index (κ1) is 25.0. The first-order chi connectivity index (χ1) is 16.5. The predicted octanol–water partition coefficient (Wildman–Crippen LogP) is 4.30. The molecule has 0 unspecified atom stereocenters. The molecule has 0 aliphatic carbocycles. The Labute approximate surface area is 211 Å². The van der Waals surface area contributed by atoms with E-state index >= 15 is 0 Å². The van der Waals surface area contributed by atoms with Crippen LogP contribution in [0.15, 0.2) is 77.9 Å². The molecule has 8 heteroatoms. The number of aromatic nitrogens is 3. The highest BCUT2D eigenvalue weighted by Gasteiger charge is 2.22. The molecule has 0 N–H and O–H groups in total. The van der Waals surface area contributed by atoms with Crippen molar-refractivity contribution in [3.63, 3.8) is 0 Å². The minimum Gasteiger partial charge on any atom is -0.489 e. The Morgan fingerprint density at radius 1 is 1.00 bits per heavy atom. The Morgan fingerprint density at radius 2 is 1.77 bits per heavy atom. The van der Waals surface area contributed by atoms with Crippen molar-refractivity contribution in [1.29, 1.82) is 0 Å². The third kappa shape index (κ3) is 5.93. The van der Waals surface area contributed by atoms with Gasteiger partial charge in [-0.2, -0.15) is 5.10 Å². The van der Waals surface area contributed by atoms with E-state index in [-0.39, 0.29) is 30.2 Å². The number of nitrogens with zero attached hydrogens (tertiary/aromatic N) is 4. The molecule has 0 amide bonds. The summed E-state index contributed by atoms with van der Waals surface area (Å²) in [4.78, 5) is 15.2. The van der Waals surface area contributed by atoms with Gasteiger partial charge in [0, 0.05) is 43.0 Å². The van der Waals surface area contributed by atoms with Crippen molar-refractivity contribution >= 4 is 23.3 Å². The number of pyridine rings is 1. The number of benzene rings is 2. The van der Waals surface area contributed by atoms with Gasteiger partial charge in [0.25, 0.3) is 5.56 Å². The maximum absolute atomic E-state index is 12.8. The Morgan fingerprint density at radius 3 is 2.51 bits per heavy atom. The smallest absolute Gasteiger partial charge is 0.258 e. The minimum absolute atomic E-state index is 0. The van der Waals surface area contributed by atoms with Crippen molar-refractivity contribution in [2.75, 3.05) is 19.6 Å². The van der Waals surface area contributed by atoms with E-state index in [0.29, 0.717) is 12.4 Å². The molecule has 2 aromatic heterocycles. The van der Waals surface area contributed by atoms with E-state index in [1.54, 1.807) is 10.8 Å². The van der Waals surface area contributed by atoms with E-state index in [4.69, 9.17) is 9.47 Å². The lowest BCUT2D eigenvalue weighted by atomic mass is 10.2. The molecule has 35 heavy (non-hydrogen) atoms. The van der Waals surface area contributed by atoms with E-state index in [0.717, 1.165) is 48.3 Å². The molecule has 5 rings (SSSR count). The van der Waals surface area contributed by atoms with E-state index in [2.05, 4.69) is 23.8 Å². The minimum atomic E-state index is -0.132. The number of hydrogen-bond donors (Lipinski definition) is 0. The molecule has 2 aromatic carbocycles. The van der Waals surface area contributed by atoms with Gasteiger partial charge in [0.2, 0.25) is 0 Å². The molecular formula is C27H31ClN4O3. The van der Waals surface area contributed by atoms with E-state index in [9.17, 15) is 4.79 Å². The summed E-state index contributed by atoms with van der Waals surface area (Å²) < 4.78 is 15.3. The van der Waals surface area contributed by atoms with Crippen molar-refractivity contribution in [1.82, 2.24) is 19.2 Å². The quantitative estimate of drug-likeness (QED) is 0.383. The number of hydrogen-bond acceptors (Lipinski definition) is 5. The van der Waals surface area contributed by atoms with E-state index in [1.165, 1.54) is 6.07 Å². The van der Waals surface area contributed by atoms with E-state index in [1.807, 2.05) is 65.5 Å². The van der Waals surface area contributed by atoms with Gasteiger partial charge in [-0.3, -0.25) is 18.9 Å². The Kier molecular flexibility index (Phi) is 7.90. The van der Waals surface area contributed by atoms with Crippen molar-refractivity contribution in [2.45, 2.75) is 39.2 Å². The fourth-order valence-electron chi connectivity index (χ4n) is 4.61. The highest BCUT2D eigenvalue weighted by Crippen LogP contribution is 2.19. The van der Waals surface area contributed by atoms with Gasteiger partial charge in [0.05, 0.1) is 30.5 Å². The number of ether oxygens (including phenoxy) is 2. The van der Waals surface area contributed by atoms with Crippen LogP contribution in [0.4, 0.5) is 0 Å². The second kappa shape index (κ2) is 11.1. The lowest BCUT2D eigenvalue weighted by Gasteiger charge is -2.35. The summed E-state index contributed by atoms with van der Waals surface area (Å²) >= 11 is 0. The molecule has 7 nitrogen and oxygen atoms in total. The van der Waals surface area contributed by atoms with Crippen molar-refractivity contribution in [3.8, 4) is 11.4 Å². The summed E-state index contributed by atoms with van der Waals surface area (Å²) in [7, 11) is 0. The average molecular weight is 495 g/mol. The lowest BCUT2D eigenvalue weighted by molar-refractivity contribution is -0.0686. The van der Waals surface area contributed by atoms with Gasteiger partial charge < -0.3 is 9.47 Å². The number of halogens is 1. The third-order valence-corrected chi connectivity index (χ3v) is 6.17. The number of fused-ring (bicyclic) bond motifs is 1. The maximum Gasteiger partial charge on any atom is 0.258 e. The summed E-state index contributed by atoms with van der Waals surface area (Å²) in [5.74, 6) is 0.561. The van der Waals surface area contributed by atoms with Gasteiger partial charge in [-0.25, -0.2) is 0 Å².